The van der Waals surface area contributed by atoms with Crippen LogP contribution in [0.4, 0.5) is 0 Å². The molecule has 3 rings (SSSR count). The zero-order chi connectivity index (χ0) is 14.7. The van der Waals surface area contributed by atoms with E-state index >= 15 is 0 Å². The van der Waals surface area contributed by atoms with Crippen molar-refractivity contribution in [2.45, 2.75) is 82.3 Å². The Kier molecular flexibility index (Phi) is 5.17. The van der Waals surface area contributed by atoms with Crippen LogP contribution in [-0.4, -0.2) is 58.6 Å². The van der Waals surface area contributed by atoms with Gasteiger partial charge >= 0.3 is 0 Å². The molecule has 2 aliphatic carbocycles. The number of aliphatic hydroxyl groups excluding tert-OH is 1. The maximum atomic E-state index is 12.8. The number of hydrogen-bond acceptors (Lipinski definition) is 3. The number of likely N-dealkylation sites (tertiary alicyclic amines) is 1. The fourth-order valence-electron chi connectivity index (χ4n) is 4.25. The van der Waals surface area contributed by atoms with E-state index in [2.05, 4.69) is 9.80 Å². The van der Waals surface area contributed by atoms with Gasteiger partial charge in [0.2, 0.25) is 5.91 Å². The Labute approximate surface area is 128 Å². The number of carbonyl (C=O) groups is 1. The summed E-state index contributed by atoms with van der Waals surface area (Å²) in [6, 6.07) is 1.60. The molecule has 4 heteroatoms. The first-order valence-electron chi connectivity index (χ1n) is 8.95. The summed E-state index contributed by atoms with van der Waals surface area (Å²) in [5, 5.41) is 9.01. The second kappa shape index (κ2) is 7.10. The van der Waals surface area contributed by atoms with Crippen LogP contribution in [0.15, 0.2) is 0 Å². The lowest BCUT2D eigenvalue weighted by molar-refractivity contribution is -0.135. The molecule has 21 heavy (non-hydrogen) atoms. The third-order valence-corrected chi connectivity index (χ3v) is 5.48. The van der Waals surface area contributed by atoms with E-state index in [1.54, 1.807) is 0 Å². The Morgan fingerprint density at radius 1 is 1.05 bits per heavy atom. The minimum Gasteiger partial charge on any atom is -0.396 e. The molecule has 1 amide bonds. The number of carbonyl (C=O) groups excluding carboxylic acids is 1. The van der Waals surface area contributed by atoms with Crippen LogP contribution in [0.2, 0.25) is 0 Å². The molecule has 2 saturated carbocycles. The molecule has 120 valence electrons. The fraction of sp³-hybridized carbons (Fsp3) is 0.941. The Balaban J connectivity index is 1.55. The lowest BCUT2D eigenvalue weighted by atomic mass is 10.1. The summed E-state index contributed by atoms with van der Waals surface area (Å²) in [5.74, 6) is 0.375. The van der Waals surface area contributed by atoms with Crippen LogP contribution < -0.4 is 0 Å². The first kappa shape index (κ1) is 15.3. The van der Waals surface area contributed by atoms with Crippen molar-refractivity contribution in [3.05, 3.63) is 0 Å². The highest BCUT2D eigenvalue weighted by atomic mass is 16.3. The first-order chi connectivity index (χ1) is 10.3. The van der Waals surface area contributed by atoms with Crippen molar-refractivity contribution in [2.75, 3.05) is 19.7 Å². The van der Waals surface area contributed by atoms with Crippen molar-refractivity contribution in [1.82, 2.24) is 9.80 Å². The van der Waals surface area contributed by atoms with Gasteiger partial charge in [-0.15, -0.1) is 0 Å². The normalized spacial score (nSPS) is 27.4. The smallest absolute Gasteiger partial charge is 0.237 e. The number of hydrogen-bond donors (Lipinski definition) is 1. The summed E-state index contributed by atoms with van der Waals surface area (Å²) >= 11 is 0. The van der Waals surface area contributed by atoms with Gasteiger partial charge in [-0.2, -0.15) is 0 Å². The Morgan fingerprint density at radius 2 is 1.76 bits per heavy atom. The molecular weight excluding hydrogens is 264 g/mol. The molecule has 3 fully saturated rings. The highest BCUT2D eigenvalue weighted by molar-refractivity contribution is 5.79. The number of amides is 1. The van der Waals surface area contributed by atoms with Crippen LogP contribution in [0.5, 0.6) is 0 Å². The molecule has 1 atom stereocenters. The van der Waals surface area contributed by atoms with Crippen molar-refractivity contribution in [2.24, 2.45) is 0 Å². The van der Waals surface area contributed by atoms with E-state index in [1.165, 1.54) is 51.4 Å². The highest BCUT2D eigenvalue weighted by Crippen LogP contribution is 2.35. The maximum Gasteiger partial charge on any atom is 0.237 e. The van der Waals surface area contributed by atoms with Crippen molar-refractivity contribution in [3.63, 3.8) is 0 Å². The predicted molar refractivity (Wildman–Crippen MR) is 83.0 cm³/mol. The summed E-state index contributed by atoms with van der Waals surface area (Å²) in [6.45, 7) is 1.95. The Morgan fingerprint density at radius 3 is 2.43 bits per heavy atom. The van der Waals surface area contributed by atoms with Gasteiger partial charge in [-0.05, 0) is 57.9 Å². The van der Waals surface area contributed by atoms with Crippen LogP contribution in [0, 0.1) is 0 Å². The lowest BCUT2D eigenvalue weighted by Gasteiger charge is -2.32. The van der Waals surface area contributed by atoms with Crippen LogP contribution in [0.3, 0.4) is 0 Å². The second-order valence-electron chi connectivity index (χ2n) is 7.10. The topological polar surface area (TPSA) is 43.8 Å². The fourth-order valence-corrected chi connectivity index (χ4v) is 4.25. The SMILES string of the molecule is O=C(CN1CCCC1CCCO)N(C1CCCC1)C1CC1. The molecule has 1 unspecified atom stereocenters. The van der Waals surface area contributed by atoms with Gasteiger partial charge in [0.1, 0.15) is 0 Å². The van der Waals surface area contributed by atoms with E-state index in [0.29, 0.717) is 30.6 Å². The molecule has 3 aliphatic rings. The summed E-state index contributed by atoms with van der Waals surface area (Å²) in [4.78, 5) is 17.5. The third kappa shape index (κ3) is 3.78. The largest absolute Gasteiger partial charge is 0.396 e. The molecule has 0 spiro atoms. The molecule has 0 aromatic carbocycles. The molecule has 1 saturated heterocycles. The van der Waals surface area contributed by atoms with E-state index in [-0.39, 0.29) is 6.61 Å². The van der Waals surface area contributed by atoms with Crippen LogP contribution >= 0.6 is 0 Å². The summed E-state index contributed by atoms with van der Waals surface area (Å²) in [6.07, 6.45) is 11.8. The molecule has 0 aromatic heterocycles. The molecule has 1 heterocycles. The van der Waals surface area contributed by atoms with Gasteiger partial charge in [-0.3, -0.25) is 9.69 Å². The van der Waals surface area contributed by atoms with Gasteiger partial charge in [0.15, 0.2) is 0 Å². The molecule has 1 aliphatic heterocycles. The standard InChI is InChI=1S/C17H30N2O2/c20-12-4-8-14-7-3-11-18(14)13-17(21)19(16-9-10-16)15-5-1-2-6-15/h14-16,20H,1-13H2. The van der Waals surface area contributed by atoms with E-state index in [4.69, 9.17) is 5.11 Å². The molecule has 0 aromatic rings. The monoisotopic (exact) mass is 294 g/mol. The minimum atomic E-state index is 0.272. The second-order valence-corrected chi connectivity index (χ2v) is 7.10. The van der Waals surface area contributed by atoms with Gasteiger partial charge < -0.3 is 10.0 Å². The van der Waals surface area contributed by atoms with Crippen LogP contribution in [-0.2, 0) is 4.79 Å². The van der Waals surface area contributed by atoms with E-state index < -0.39 is 0 Å². The Bertz CT molecular complexity index is 351. The van der Waals surface area contributed by atoms with Crippen molar-refractivity contribution in [3.8, 4) is 0 Å². The van der Waals surface area contributed by atoms with Gasteiger partial charge in [0.05, 0.1) is 6.54 Å². The average molecular weight is 294 g/mol. The highest BCUT2D eigenvalue weighted by Gasteiger charge is 2.39. The number of rotatable bonds is 7. The lowest BCUT2D eigenvalue weighted by Crippen LogP contribution is -2.47. The zero-order valence-corrected chi connectivity index (χ0v) is 13.2. The van der Waals surface area contributed by atoms with Gasteiger partial charge in [0.25, 0.3) is 0 Å². The quantitative estimate of drug-likeness (QED) is 0.782. The molecular formula is C17H30N2O2. The summed E-state index contributed by atoms with van der Waals surface area (Å²) in [5.41, 5.74) is 0. The molecule has 1 N–H and O–H groups in total. The summed E-state index contributed by atoms with van der Waals surface area (Å²) < 4.78 is 0. The third-order valence-electron chi connectivity index (χ3n) is 5.48. The number of aliphatic hydroxyl groups is 1. The molecule has 4 nitrogen and oxygen atoms in total. The number of nitrogens with zero attached hydrogens (tertiary/aromatic N) is 2. The van der Waals surface area contributed by atoms with Gasteiger partial charge in [-0.25, -0.2) is 0 Å². The predicted octanol–water partition coefficient (Wildman–Crippen LogP) is 2.16. The van der Waals surface area contributed by atoms with Gasteiger partial charge in [0, 0.05) is 24.7 Å². The average Bonchev–Trinajstić information content (AvgIpc) is 2.98. The van der Waals surface area contributed by atoms with Crippen molar-refractivity contribution in [1.29, 1.82) is 0 Å². The summed E-state index contributed by atoms with van der Waals surface area (Å²) in [7, 11) is 0. The van der Waals surface area contributed by atoms with E-state index in [9.17, 15) is 4.79 Å². The van der Waals surface area contributed by atoms with E-state index in [1.807, 2.05) is 0 Å². The maximum absolute atomic E-state index is 12.8. The van der Waals surface area contributed by atoms with Crippen molar-refractivity contribution >= 4 is 5.91 Å². The molecule has 0 bridgehead atoms. The minimum absolute atomic E-state index is 0.272. The molecule has 0 radical (unpaired) electrons. The zero-order valence-electron chi connectivity index (χ0n) is 13.2. The van der Waals surface area contributed by atoms with E-state index in [0.717, 1.165) is 19.4 Å². The van der Waals surface area contributed by atoms with Gasteiger partial charge in [-0.1, -0.05) is 12.8 Å². The van der Waals surface area contributed by atoms with Crippen molar-refractivity contribution < 1.29 is 9.90 Å². The first-order valence-corrected chi connectivity index (χ1v) is 8.95. The van der Waals surface area contributed by atoms with Crippen LogP contribution in [0.1, 0.15) is 64.2 Å². The Hall–Kier alpha value is -0.610. The van der Waals surface area contributed by atoms with Crippen LogP contribution in [0.25, 0.3) is 0 Å².